The van der Waals surface area contributed by atoms with E-state index in [1.807, 2.05) is 0 Å². The molecule has 0 fully saturated rings. The largest absolute Gasteiger partial charge is 0.476 e. The molecule has 0 atom stereocenters. The van der Waals surface area contributed by atoms with Gasteiger partial charge in [-0.2, -0.15) is 5.10 Å². The number of aromatic nitrogens is 1. The zero-order valence-corrected chi connectivity index (χ0v) is 13.2. The molecule has 23 heavy (non-hydrogen) atoms. The molecule has 0 aliphatic heterocycles. The van der Waals surface area contributed by atoms with Crippen LogP contribution in [0.25, 0.3) is 0 Å². The first-order valence-corrected chi connectivity index (χ1v) is 6.96. The van der Waals surface area contributed by atoms with Crippen molar-refractivity contribution in [3.8, 4) is 0 Å². The second kappa shape index (κ2) is 7.08. The molecule has 0 saturated carbocycles. The van der Waals surface area contributed by atoms with E-state index in [0.29, 0.717) is 6.07 Å². The van der Waals surface area contributed by atoms with E-state index in [9.17, 15) is 13.6 Å². The number of anilines is 1. The molecule has 0 bridgehead atoms. The van der Waals surface area contributed by atoms with Gasteiger partial charge in [0.15, 0.2) is 10.8 Å². The van der Waals surface area contributed by atoms with Crippen LogP contribution in [0, 0.1) is 11.6 Å². The zero-order chi connectivity index (χ0) is 17.1. The molecule has 2 aromatic rings. The monoisotopic (exact) mass is 379 g/mol. The average Bonchev–Trinajstić information content (AvgIpc) is 2.48. The summed E-state index contributed by atoms with van der Waals surface area (Å²) < 4.78 is 26.2. The Morgan fingerprint density at radius 3 is 2.57 bits per heavy atom. The second-order valence-corrected chi connectivity index (χ2v) is 5.21. The zero-order valence-electron chi connectivity index (χ0n) is 10.9. The van der Waals surface area contributed by atoms with E-state index in [1.54, 1.807) is 0 Å². The summed E-state index contributed by atoms with van der Waals surface area (Å²) in [6, 6.07) is 2.91. The number of carboxylic acid groups (broad SMARTS) is 1. The highest BCUT2D eigenvalue weighted by Crippen LogP contribution is 2.36. The van der Waals surface area contributed by atoms with Gasteiger partial charge >= 0.3 is 5.97 Å². The van der Waals surface area contributed by atoms with Crippen molar-refractivity contribution in [2.45, 2.75) is 0 Å². The Kier molecular flexibility index (Phi) is 5.35. The molecule has 5 nitrogen and oxygen atoms in total. The van der Waals surface area contributed by atoms with Gasteiger partial charge in [0.25, 0.3) is 0 Å². The predicted octanol–water partition coefficient (Wildman–Crippen LogP) is 4.46. The lowest BCUT2D eigenvalue weighted by atomic mass is 10.2. The molecule has 120 valence electrons. The van der Waals surface area contributed by atoms with Crippen LogP contribution < -0.4 is 5.43 Å². The maximum absolute atomic E-state index is 13.4. The number of benzene rings is 1. The molecule has 0 aliphatic rings. The summed E-state index contributed by atoms with van der Waals surface area (Å²) in [6.07, 6.45) is 1.04. The third-order valence-corrected chi connectivity index (χ3v) is 3.69. The van der Waals surface area contributed by atoms with E-state index in [-0.39, 0.29) is 26.4 Å². The number of aromatic carboxylic acids is 1. The quantitative estimate of drug-likeness (QED) is 0.466. The highest BCUT2D eigenvalue weighted by atomic mass is 35.5. The molecule has 0 aliphatic carbocycles. The fourth-order valence-corrected chi connectivity index (χ4v) is 2.19. The molecule has 0 amide bonds. The van der Waals surface area contributed by atoms with Crippen molar-refractivity contribution in [2.24, 2.45) is 5.10 Å². The van der Waals surface area contributed by atoms with Crippen LogP contribution in [-0.4, -0.2) is 22.3 Å². The smallest absolute Gasteiger partial charge is 0.356 e. The SMILES string of the molecule is O=C(O)c1nc(Cl)c(Cl)c(NN=Cc2ccc(F)cc2F)c1Cl. The first-order chi connectivity index (χ1) is 10.8. The van der Waals surface area contributed by atoms with Crippen LogP contribution in [0.15, 0.2) is 23.3 Å². The number of carboxylic acids is 1. The first kappa shape index (κ1) is 17.4. The number of carbonyl (C=O) groups is 1. The van der Waals surface area contributed by atoms with Gasteiger partial charge in [-0.25, -0.2) is 18.6 Å². The van der Waals surface area contributed by atoms with Crippen molar-refractivity contribution in [2.75, 3.05) is 5.43 Å². The minimum atomic E-state index is -1.41. The standard InChI is InChI=1S/C13H6Cl3F2N3O2/c14-8-10(9(15)12(16)20-11(8)13(22)23)21-19-4-5-1-2-6(17)3-7(5)18/h1-4H,(H,20,21)(H,22,23). The molecule has 0 saturated heterocycles. The van der Waals surface area contributed by atoms with Gasteiger partial charge in [0, 0.05) is 11.6 Å². The Labute approximate surface area is 143 Å². The van der Waals surface area contributed by atoms with E-state index in [0.717, 1.165) is 12.3 Å². The van der Waals surface area contributed by atoms with Crippen LogP contribution in [0.1, 0.15) is 16.1 Å². The molecule has 10 heteroatoms. The van der Waals surface area contributed by atoms with Crippen molar-refractivity contribution in [3.63, 3.8) is 0 Å². The maximum atomic E-state index is 13.4. The van der Waals surface area contributed by atoms with E-state index in [1.165, 1.54) is 6.07 Å². The van der Waals surface area contributed by atoms with Gasteiger partial charge in [0.05, 0.1) is 11.9 Å². The number of hydrogen-bond acceptors (Lipinski definition) is 4. The van der Waals surface area contributed by atoms with Gasteiger partial charge in [-0.15, -0.1) is 0 Å². The third kappa shape index (κ3) is 3.87. The number of rotatable bonds is 4. The molecular formula is C13H6Cl3F2N3O2. The van der Waals surface area contributed by atoms with Crippen LogP contribution in [0.5, 0.6) is 0 Å². The Morgan fingerprint density at radius 2 is 1.96 bits per heavy atom. The number of nitrogens with zero attached hydrogens (tertiary/aromatic N) is 2. The summed E-state index contributed by atoms with van der Waals surface area (Å²) in [5.41, 5.74) is 1.73. The molecule has 2 rings (SSSR count). The molecule has 1 aromatic heterocycles. The molecule has 2 N–H and O–H groups in total. The topological polar surface area (TPSA) is 74.6 Å². The van der Waals surface area contributed by atoms with Gasteiger partial charge in [0.1, 0.15) is 21.7 Å². The van der Waals surface area contributed by atoms with E-state index in [2.05, 4.69) is 15.5 Å². The van der Waals surface area contributed by atoms with Crippen molar-refractivity contribution in [1.29, 1.82) is 0 Å². The Morgan fingerprint density at radius 1 is 1.26 bits per heavy atom. The third-order valence-electron chi connectivity index (χ3n) is 2.58. The first-order valence-electron chi connectivity index (χ1n) is 5.83. The van der Waals surface area contributed by atoms with Crippen molar-refractivity contribution in [3.05, 3.63) is 56.3 Å². The summed E-state index contributed by atoms with van der Waals surface area (Å²) in [7, 11) is 0. The summed E-state index contributed by atoms with van der Waals surface area (Å²) >= 11 is 17.5. The molecule has 0 radical (unpaired) electrons. The van der Waals surface area contributed by atoms with Crippen LogP contribution in [0.2, 0.25) is 15.2 Å². The lowest BCUT2D eigenvalue weighted by Gasteiger charge is -2.09. The minimum Gasteiger partial charge on any atom is -0.476 e. The molecule has 0 unspecified atom stereocenters. The lowest BCUT2D eigenvalue weighted by molar-refractivity contribution is 0.0691. The number of nitrogens with one attached hydrogen (secondary N) is 1. The van der Waals surface area contributed by atoms with Gasteiger partial charge < -0.3 is 5.11 Å². The summed E-state index contributed by atoms with van der Waals surface area (Å²) in [5, 5.41) is 11.9. The van der Waals surface area contributed by atoms with E-state index >= 15 is 0 Å². The average molecular weight is 381 g/mol. The highest BCUT2D eigenvalue weighted by Gasteiger charge is 2.20. The molecule has 0 spiro atoms. The lowest BCUT2D eigenvalue weighted by Crippen LogP contribution is -2.05. The summed E-state index contributed by atoms with van der Waals surface area (Å²) in [6.45, 7) is 0. The number of halogens is 5. The Hall–Kier alpha value is -1.96. The van der Waals surface area contributed by atoms with Crippen LogP contribution in [0.4, 0.5) is 14.5 Å². The Balaban J connectivity index is 2.33. The number of hydrazone groups is 1. The molecule has 1 heterocycles. The van der Waals surface area contributed by atoms with Gasteiger partial charge in [0.2, 0.25) is 0 Å². The van der Waals surface area contributed by atoms with E-state index < -0.39 is 23.3 Å². The fourth-order valence-electron chi connectivity index (χ4n) is 1.53. The highest BCUT2D eigenvalue weighted by molar-refractivity contribution is 6.46. The molecule has 1 aromatic carbocycles. The maximum Gasteiger partial charge on any atom is 0.356 e. The second-order valence-electron chi connectivity index (χ2n) is 4.10. The van der Waals surface area contributed by atoms with Crippen molar-refractivity contribution < 1.29 is 18.7 Å². The predicted molar refractivity (Wildman–Crippen MR) is 83.8 cm³/mol. The Bertz CT molecular complexity index is 816. The van der Waals surface area contributed by atoms with Gasteiger partial charge in [-0.3, -0.25) is 5.43 Å². The van der Waals surface area contributed by atoms with Crippen molar-refractivity contribution >= 4 is 52.7 Å². The number of hydrogen-bond donors (Lipinski definition) is 2. The normalized spacial score (nSPS) is 11.0. The fraction of sp³-hybridized carbons (Fsp3) is 0. The van der Waals surface area contributed by atoms with Crippen LogP contribution in [-0.2, 0) is 0 Å². The van der Waals surface area contributed by atoms with E-state index in [4.69, 9.17) is 39.9 Å². The minimum absolute atomic E-state index is 0.00949. The van der Waals surface area contributed by atoms with Gasteiger partial charge in [-0.05, 0) is 12.1 Å². The summed E-state index contributed by atoms with van der Waals surface area (Å²) in [4.78, 5) is 14.5. The molecular weight excluding hydrogens is 375 g/mol. The summed E-state index contributed by atoms with van der Waals surface area (Å²) in [5.74, 6) is -2.97. The van der Waals surface area contributed by atoms with Crippen molar-refractivity contribution in [1.82, 2.24) is 4.98 Å². The van der Waals surface area contributed by atoms with Gasteiger partial charge in [-0.1, -0.05) is 34.8 Å². The number of pyridine rings is 1. The van der Waals surface area contributed by atoms with Crippen LogP contribution >= 0.6 is 34.8 Å². The van der Waals surface area contributed by atoms with Crippen LogP contribution in [0.3, 0.4) is 0 Å².